The van der Waals surface area contributed by atoms with Crippen LogP contribution in [-0.2, 0) is 6.42 Å². The molecule has 2 aromatic heterocycles. The van der Waals surface area contributed by atoms with E-state index in [0.29, 0.717) is 4.77 Å². The van der Waals surface area contributed by atoms with Gasteiger partial charge in [-0.15, -0.1) is 0 Å². The molecule has 4 rings (SSSR count). The van der Waals surface area contributed by atoms with Gasteiger partial charge < -0.3 is 4.57 Å². The topological polar surface area (TPSA) is 50.9 Å². The number of aryl methyl sites for hydroxylation is 2. The number of hydrogen-bond donors (Lipinski definition) is 1. The predicted molar refractivity (Wildman–Crippen MR) is 113 cm³/mol. The number of rotatable bonds is 4. The summed E-state index contributed by atoms with van der Waals surface area (Å²) in [6, 6.07) is 17.1. The summed E-state index contributed by atoms with van der Waals surface area (Å²) >= 11 is 5.27. The van der Waals surface area contributed by atoms with Crippen molar-refractivity contribution in [2.75, 3.05) is 0 Å². The molecule has 0 aliphatic rings. The highest BCUT2D eigenvalue weighted by atomic mass is 32.1. The molecule has 1 N–H and O–H groups in total. The number of fused-ring (bicyclic) bond motifs is 1. The van der Waals surface area contributed by atoms with Crippen molar-refractivity contribution >= 4 is 29.2 Å². The van der Waals surface area contributed by atoms with Gasteiger partial charge in [0.05, 0.1) is 6.21 Å². The van der Waals surface area contributed by atoms with Crippen LogP contribution in [0.4, 0.5) is 0 Å². The third-order valence-corrected chi connectivity index (χ3v) is 5.07. The molecule has 27 heavy (non-hydrogen) atoms. The Hall–Kier alpha value is -2.99. The Balaban J connectivity index is 1.76. The predicted octanol–water partition coefficient (Wildman–Crippen LogP) is 4.95. The van der Waals surface area contributed by atoms with Crippen LogP contribution in [0.15, 0.2) is 53.6 Å². The smallest absolute Gasteiger partial charge is 0.216 e. The summed E-state index contributed by atoms with van der Waals surface area (Å²) in [6.45, 7) is 6.25. The van der Waals surface area contributed by atoms with Crippen LogP contribution in [0.1, 0.15) is 29.7 Å². The Labute approximate surface area is 163 Å². The van der Waals surface area contributed by atoms with Gasteiger partial charge in [0.25, 0.3) is 0 Å². The van der Waals surface area contributed by atoms with Gasteiger partial charge in [-0.3, -0.25) is 5.10 Å². The van der Waals surface area contributed by atoms with E-state index in [-0.39, 0.29) is 0 Å². The summed E-state index contributed by atoms with van der Waals surface area (Å²) in [7, 11) is 0. The van der Waals surface area contributed by atoms with Crippen LogP contribution in [0.3, 0.4) is 0 Å². The summed E-state index contributed by atoms with van der Waals surface area (Å²) < 4.78 is 4.44. The molecule has 4 aromatic rings. The van der Waals surface area contributed by atoms with E-state index in [9.17, 15) is 0 Å². The fourth-order valence-corrected chi connectivity index (χ4v) is 3.62. The molecule has 0 bridgehead atoms. The van der Waals surface area contributed by atoms with Gasteiger partial charge in [0.15, 0.2) is 5.82 Å². The normalized spacial score (nSPS) is 11.7. The van der Waals surface area contributed by atoms with Crippen molar-refractivity contribution < 1.29 is 0 Å². The van der Waals surface area contributed by atoms with Crippen LogP contribution < -0.4 is 0 Å². The monoisotopic (exact) mass is 375 g/mol. The molecule has 0 saturated heterocycles. The molecule has 0 amide bonds. The van der Waals surface area contributed by atoms with Gasteiger partial charge in [-0.2, -0.15) is 14.9 Å². The maximum atomic E-state index is 5.27. The highest BCUT2D eigenvalue weighted by Gasteiger charge is 2.10. The fourth-order valence-electron chi connectivity index (χ4n) is 3.42. The molecule has 2 aromatic carbocycles. The minimum absolute atomic E-state index is 0.506. The molecule has 2 heterocycles. The molecule has 0 atom stereocenters. The molecule has 0 aliphatic heterocycles. The number of nitrogens with one attached hydrogen (secondary N) is 1. The molecule has 0 radical (unpaired) electrons. The van der Waals surface area contributed by atoms with E-state index in [1.165, 1.54) is 10.8 Å². The van der Waals surface area contributed by atoms with Crippen LogP contribution in [0.25, 0.3) is 16.5 Å². The van der Waals surface area contributed by atoms with Gasteiger partial charge >= 0.3 is 0 Å². The second kappa shape index (κ2) is 6.96. The minimum Gasteiger partial charge on any atom is -0.318 e. The molecule has 5 nitrogen and oxygen atoms in total. The Morgan fingerprint density at radius 3 is 2.67 bits per heavy atom. The average Bonchev–Trinajstić information content (AvgIpc) is 3.18. The third-order valence-electron chi connectivity index (χ3n) is 4.81. The number of H-pyrrole nitrogens is 1. The lowest BCUT2D eigenvalue weighted by atomic mass is 10.1. The maximum absolute atomic E-state index is 5.27. The van der Waals surface area contributed by atoms with Crippen molar-refractivity contribution in [2.24, 2.45) is 5.10 Å². The average molecular weight is 376 g/mol. The SMILES string of the molecule is CCc1n[nH]c(=S)n1/N=C\c1cc(C)n(-c2ccc3ccccc3c2)c1C. The Kier molecular flexibility index (Phi) is 4.49. The molecule has 0 aliphatic carbocycles. The summed E-state index contributed by atoms with van der Waals surface area (Å²) in [5.41, 5.74) is 4.51. The van der Waals surface area contributed by atoms with Gasteiger partial charge in [0.1, 0.15) is 0 Å². The van der Waals surface area contributed by atoms with Crippen molar-refractivity contribution in [3.8, 4) is 5.69 Å². The molecule has 0 unspecified atom stereocenters. The molecule has 0 spiro atoms. The first-order valence-corrected chi connectivity index (χ1v) is 9.38. The highest BCUT2D eigenvalue weighted by Crippen LogP contribution is 2.23. The third kappa shape index (κ3) is 3.13. The van der Waals surface area contributed by atoms with Gasteiger partial charge in [-0.1, -0.05) is 37.3 Å². The van der Waals surface area contributed by atoms with E-state index in [1.807, 2.05) is 13.1 Å². The molecular weight excluding hydrogens is 354 g/mol. The van der Waals surface area contributed by atoms with Gasteiger partial charge in [0.2, 0.25) is 4.77 Å². The minimum atomic E-state index is 0.506. The summed E-state index contributed by atoms with van der Waals surface area (Å²) in [5.74, 6) is 0.819. The van der Waals surface area contributed by atoms with Crippen LogP contribution in [0.5, 0.6) is 0 Å². The highest BCUT2D eigenvalue weighted by molar-refractivity contribution is 7.71. The molecule has 0 saturated carbocycles. The number of aromatic nitrogens is 4. The zero-order chi connectivity index (χ0) is 19.0. The van der Waals surface area contributed by atoms with E-state index in [0.717, 1.165) is 34.9 Å². The first-order valence-electron chi connectivity index (χ1n) is 8.97. The second-order valence-corrected chi connectivity index (χ2v) is 6.93. The Bertz CT molecular complexity index is 1210. The summed E-state index contributed by atoms with van der Waals surface area (Å²) in [5, 5.41) is 14.0. The maximum Gasteiger partial charge on any atom is 0.216 e. The lowest BCUT2D eigenvalue weighted by Crippen LogP contribution is -2.00. The van der Waals surface area contributed by atoms with Crippen LogP contribution >= 0.6 is 12.2 Å². The van der Waals surface area contributed by atoms with Gasteiger partial charge in [-0.05, 0) is 55.0 Å². The van der Waals surface area contributed by atoms with Crippen molar-refractivity contribution in [1.29, 1.82) is 0 Å². The lowest BCUT2D eigenvalue weighted by Gasteiger charge is -2.11. The van der Waals surface area contributed by atoms with Crippen molar-refractivity contribution in [3.05, 3.63) is 76.1 Å². The van der Waals surface area contributed by atoms with E-state index < -0.39 is 0 Å². The van der Waals surface area contributed by atoms with E-state index in [1.54, 1.807) is 4.68 Å². The zero-order valence-corrected chi connectivity index (χ0v) is 16.4. The first-order chi connectivity index (χ1) is 13.1. The van der Waals surface area contributed by atoms with E-state index >= 15 is 0 Å². The van der Waals surface area contributed by atoms with E-state index in [4.69, 9.17) is 12.2 Å². The largest absolute Gasteiger partial charge is 0.318 e. The number of nitrogens with zero attached hydrogens (tertiary/aromatic N) is 4. The lowest BCUT2D eigenvalue weighted by molar-refractivity contribution is 0.780. The standard InChI is InChI=1S/C21H21N5S/c1-4-20-23-24-21(27)26(20)22-13-18-11-14(2)25(15(18)3)19-10-9-16-7-5-6-8-17(16)12-19/h5-13H,4H2,1-3H3,(H,24,27)/b22-13-. The van der Waals surface area contributed by atoms with Crippen molar-refractivity contribution in [1.82, 2.24) is 19.4 Å². The van der Waals surface area contributed by atoms with Crippen LogP contribution in [-0.4, -0.2) is 25.7 Å². The van der Waals surface area contributed by atoms with Gasteiger partial charge in [-0.25, -0.2) is 0 Å². The number of benzene rings is 2. The molecule has 136 valence electrons. The quantitative estimate of drug-likeness (QED) is 0.405. The molecule has 0 fully saturated rings. The van der Waals surface area contributed by atoms with Gasteiger partial charge in [0, 0.05) is 29.1 Å². The summed E-state index contributed by atoms with van der Waals surface area (Å²) in [4.78, 5) is 0. The Morgan fingerprint density at radius 1 is 1.11 bits per heavy atom. The fraction of sp³-hybridized carbons (Fsp3) is 0.190. The molecule has 6 heteroatoms. The Morgan fingerprint density at radius 2 is 1.89 bits per heavy atom. The zero-order valence-electron chi connectivity index (χ0n) is 15.6. The van der Waals surface area contributed by atoms with Crippen molar-refractivity contribution in [3.63, 3.8) is 0 Å². The second-order valence-electron chi connectivity index (χ2n) is 6.55. The van der Waals surface area contributed by atoms with Crippen LogP contribution in [0, 0.1) is 18.6 Å². The van der Waals surface area contributed by atoms with E-state index in [2.05, 4.69) is 82.2 Å². The number of aromatic amines is 1. The molecular formula is C21H21N5S. The first kappa shape index (κ1) is 17.4. The summed E-state index contributed by atoms with van der Waals surface area (Å²) in [6.07, 6.45) is 2.62. The van der Waals surface area contributed by atoms with Crippen molar-refractivity contribution in [2.45, 2.75) is 27.2 Å². The number of hydrogen-bond acceptors (Lipinski definition) is 3. The van der Waals surface area contributed by atoms with Crippen LogP contribution in [0.2, 0.25) is 0 Å².